The van der Waals surface area contributed by atoms with Gasteiger partial charge in [-0.25, -0.2) is 0 Å². The molecule has 0 spiro atoms. The molecule has 0 aromatic heterocycles. The summed E-state index contributed by atoms with van der Waals surface area (Å²) in [6.45, 7) is 0. The SMILES string of the molecule is CN(C)c1ccc(CCCCCCCCCCCCCCCc2ccc3ccc4cccc5ccc2c3c45)cc1. The zero-order chi connectivity index (χ0) is 27.6. The average molecular weight is 532 g/mol. The molecule has 5 aromatic rings. The summed E-state index contributed by atoms with van der Waals surface area (Å²) in [5.41, 5.74) is 4.31. The number of anilines is 1. The summed E-state index contributed by atoms with van der Waals surface area (Å²) in [6.07, 6.45) is 20.6. The minimum Gasteiger partial charge on any atom is -0.378 e. The Morgan fingerprint density at radius 3 is 1.48 bits per heavy atom. The first kappa shape index (κ1) is 28.5. The summed E-state index contributed by atoms with van der Waals surface area (Å²) in [4.78, 5) is 2.17. The van der Waals surface area contributed by atoms with Crippen LogP contribution in [0, 0.1) is 0 Å². The Bertz CT molecular complexity index is 1430. The smallest absolute Gasteiger partial charge is 0.0361 e. The number of unbranched alkanes of at least 4 members (excludes halogenated alkanes) is 12. The van der Waals surface area contributed by atoms with Crippen molar-refractivity contribution >= 4 is 38.0 Å². The normalized spacial score (nSPS) is 11.8. The van der Waals surface area contributed by atoms with Gasteiger partial charge in [0.25, 0.3) is 0 Å². The van der Waals surface area contributed by atoms with Crippen molar-refractivity contribution < 1.29 is 0 Å². The van der Waals surface area contributed by atoms with Crippen molar-refractivity contribution in [2.45, 2.75) is 96.3 Å². The van der Waals surface area contributed by atoms with Crippen molar-refractivity contribution in [2.24, 2.45) is 0 Å². The van der Waals surface area contributed by atoms with Crippen LogP contribution in [-0.2, 0) is 12.8 Å². The van der Waals surface area contributed by atoms with Crippen LogP contribution in [0.1, 0.15) is 94.6 Å². The van der Waals surface area contributed by atoms with Crippen molar-refractivity contribution in [2.75, 3.05) is 19.0 Å². The molecule has 0 saturated heterocycles. The van der Waals surface area contributed by atoms with Crippen LogP contribution in [0.4, 0.5) is 5.69 Å². The van der Waals surface area contributed by atoms with E-state index < -0.39 is 0 Å². The quantitative estimate of drug-likeness (QED) is 0.0851. The minimum absolute atomic E-state index is 1.21. The lowest BCUT2D eigenvalue weighted by Crippen LogP contribution is -2.08. The molecule has 0 heterocycles. The standard InChI is InChI=1S/C39H49N/c1-40(2)36-28-21-31(22-29-36)17-14-12-10-8-6-4-3-5-7-9-11-13-15-18-32-23-24-35-26-25-33-19-16-20-34-27-30-37(32)39(35)38(33)34/h16,19-30H,3-15,17-18H2,1-2H3. The highest BCUT2D eigenvalue weighted by atomic mass is 15.1. The van der Waals surface area contributed by atoms with Gasteiger partial charge in [0.15, 0.2) is 0 Å². The van der Waals surface area contributed by atoms with Gasteiger partial charge in [0.05, 0.1) is 0 Å². The second-order valence-electron chi connectivity index (χ2n) is 12.2. The van der Waals surface area contributed by atoms with Crippen LogP contribution in [-0.4, -0.2) is 14.1 Å². The molecule has 1 nitrogen and oxygen atoms in total. The van der Waals surface area contributed by atoms with Crippen LogP contribution in [0.2, 0.25) is 0 Å². The lowest BCUT2D eigenvalue weighted by Gasteiger charge is -2.14. The number of nitrogens with zero attached hydrogens (tertiary/aromatic N) is 1. The Labute approximate surface area is 242 Å². The van der Waals surface area contributed by atoms with E-state index in [1.807, 2.05) is 0 Å². The van der Waals surface area contributed by atoms with E-state index in [1.54, 1.807) is 0 Å². The fraction of sp³-hybridized carbons (Fsp3) is 0.436. The van der Waals surface area contributed by atoms with Crippen molar-refractivity contribution in [3.63, 3.8) is 0 Å². The van der Waals surface area contributed by atoms with Gasteiger partial charge in [-0.3, -0.25) is 0 Å². The summed E-state index contributed by atoms with van der Waals surface area (Å²) in [6, 6.07) is 29.7. The Morgan fingerprint density at radius 2 is 0.900 bits per heavy atom. The monoisotopic (exact) mass is 531 g/mol. The molecular formula is C39H49N. The first-order chi connectivity index (χ1) is 19.7. The Balaban J connectivity index is 0.891. The summed E-state index contributed by atoms with van der Waals surface area (Å²) in [5, 5.41) is 8.50. The minimum atomic E-state index is 1.21. The average Bonchev–Trinajstić information content (AvgIpc) is 2.98. The highest BCUT2D eigenvalue weighted by Crippen LogP contribution is 2.36. The third-order valence-electron chi connectivity index (χ3n) is 8.98. The van der Waals surface area contributed by atoms with Gasteiger partial charge in [0.1, 0.15) is 0 Å². The molecule has 0 aliphatic rings. The number of hydrogen-bond acceptors (Lipinski definition) is 1. The first-order valence-corrected chi connectivity index (χ1v) is 16.1. The lowest BCUT2D eigenvalue weighted by molar-refractivity contribution is 0.536. The highest BCUT2D eigenvalue weighted by molar-refractivity contribution is 6.23. The van der Waals surface area contributed by atoms with E-state index in [9.17, 15) is 0 Å². The summed E-state index contributed by atoms with van der Waals surface area (Å²) < 4.78 is 0. The van der Waals surface area contributed by atoms with Crippen LogP contribution < -0.4 is 4.90 Å². The topological polar surface area (TPSA) is 3.24 Å². The number of benzene rings is 5. The fourth-order valence-electron chi connectivity index (χ4n) is 6.56. The maximum absolute atomic E-state index is 2.38. The van der Waals surface area contributed by atoms with E-state index >= 15 is 0 Å². The van der Waals surface area contributed by atoms with E-state index in [4.69, 9.17) is 0 Å². The van der Waals surface area contributed by atoms with E-state index in [1.165, 1.54) is 145 Å². The zero-order valence-corrected chi connectivity index (χ0v) is 25.1. The van der Waals surface area contributed by atoms with E-state index in [2.05, 4.69) is 97.9 Å². The Hall–Kier alpha value is -3.06. The molecule has 0 N–H and O–H groups in total. The molecule has 210 valence electrons. The molecule has 5 rings (SSSR count). The predicted molar refractivity (Wildman–Crippen MR) is 178 cm³/mol. The number of rotatable bonds is 17. The van der Waals surface area contributed by atoms with Gasteiger partial charge in [-0.15, -0.1) is 0 Å². The highest BCUT2D eigenvalue weighted by Gasteiger charge is 2.10. The maximum atomic E-state index is 2.38. The molecule has 1 heteroatoms. The molecule has 5 aromatic carbocycles. The Morgan fingerprint density at radius 1 is 0.425 bits per heavy atom. The van der Waals surface area contributed by atoms with Gasteiger partial charge in [-0.2, -0.15) is 0 Å². The van der Waals surface area contributed by atoms with Gasteiger partial charge < -0.3 is 4.90 Å². The van der Waals surface area contributed by atoms with Crippen LogP contribution in [0.15, 0.2) is 78.9 Å². The van der Waals surface area contributed by atoms with Gasteiger partial charge in [0, 0.05) is 19.8 Å². The molecule has 40 heavy (non-hydrogen) atoms. The van der Waals surface area contributed by atoms with E-state index in [0.717, 1.165) is 0 Å². The van der Waals surface area contributed by atoms with Crippen molar-refractivity contribution in [1.29, 1.82) is 0 Å². The van der Waals surface area contributed by atoms with Crippen molar-refractivity contribution in [3.8, 4) is 0 Å². The molecular weight excluding hydrogens is 482 g/mol. The summed E-state index contributed by atoms with van der Waals surface area (Å²) >= 11 is 0. The van der Waals surface area contributed by atoms with E-state index in [-0.39, 0.29) is 0 Å². The fourth-order valence-corrected chi connectivity index (χ4v) is 6.56. The number of hydrogen-bond donors (Lipinski definition) is 0. The lowest BCUT2D eigenvalue weighted by atomic mass is 9.90. The molecule has 0 aliphatic carbocycles. The van der Waals surface area contributed by atoms with Crippen LogP contribution in [0.3, 0.4) is 0 Å². The molecule has 0 atom stereocenters. The molecule has 0 fully saturated rings. The van der Waals surface area contributed by atoms with Crippen LogP contribution >= 0.6 is 0 Å². The van der Waals surface area contributed by atoms with Crippen LogP contribution in [0.5, 0.6) is 0 Å². The number of aryl methyl sites for hydroxylation is 2. The van der Waals surface area contributed by atoms with Gasteiger partial charge in [-0.1, -0.05) is 137 Å². The second-order valence-corrected chi connectivity index (χ2v) is 12.2. The second kappa shape index (κ2) is 14.5. The molecule has 0 saturated carbocycles. The van der Waals surface area contributed by atoms with E-state index in [0.29, 0.717) is 0 Å². The molecule has 0 radical (unpaired) electrons. The maximum Gasteiger partial charge on any atom is 0.0361 e. The largest absolute Gasteiger partial charge is 0.378 e. The summed E-state index contributed by atoms with van der Waals surface area (Å²) in [7, 11) is 4.21. The Kier molecular flexibility index (Phi) is 10.3. The molecule has 0 unspecified atom stereocenters. The zero-order valence-electron chi connectivity index (χ0n) is 25.1. The summed E-state index contributed by atoms with van der Waals surface area (Å²) in [5.74, 6) is 0. The molecule has 0 aliphatic heterocycles. The molecule has 0 bridgehead atoms. The van der Waals surface area contributed by atoms with Gasteiger partial charge in [0.2, 0.25) is 0 Å². The third-order valence-corrected chi connectivity index (χ3v) is 8.98. The third kappa shape index (κ3) is 7.36. The molecule has 0 amide bonds. The van der Waals surface area contributed by atoms with Gasteiger partial charge >= 0.3 is 0 Å². The van der Waals surface area contributed by atoms with Crippen molar-refractivity contribution in [3.05, 3.63) is 90.0 Å². The predicted octanol–water partition coefficient (Wildman–Crippen LogP) is 11.5. The first-order valence-electron chi connectivity index (χ1n) is 16.1. The van der Waals surface area contributed by atoms with Crippen molar-refractivity contribution in [1.82, 2.24) is 0 Å². The van der Waals surface area contributed by atoms with Gasteiger partial charge in [-0.05, 0) is 81.3 Å². The van der Waals surface area contributed by atoms with Crippen LogP contribution in [0.25, 0.3) is 32.3 Å².